The average molecular weight is 386 g/mol. The lowest BCUT2D eigenvalue weighted by Gasteiger charge is -2.36. The van der Waals surface area contributed by atoms with Gasteiger partial charge in [-0.25, -0.2) is 0 Å². The van der Waals surface area contributed by atoms with Crippen molar-refractivity contribution in [2.75, 3.05) is 19.8 Å². The Kier molecular flexibility index (Phi) is 6.80. The Morgan fingerprint density at radius 3 is 2.41 bits per heavy atom. The summed E-state index contributed by atoms with van der Waals surface area (Å²) in [7, 11) is 0. The van der Waals surface area contributed by atoms with E-state index in [1.165, 1.54) is 4.90 Å². The maximum absolute atomic E-state index is 12.6. The second-order valence-electron chi connectivity index (χ2n) is 7.08. The molecule has 1 amide bonds. The SMILES string of the molecule is CC(C)Oc1ccc(C(=O)NCC2(Sc3ccccc3)CCOCC2)cc1. The third-order valence-electron chi connectivity index (χ3n) is 4.54. The molecule has 4 nitrogen and oxygen atoms in total. The van der Waals surface area contributed by atoms with Gasteiger partial charge < -0.3 is 14.8 Å². The first-order valence-corrected chi connectivity index (χ1v) is 10.2. The molecule has 5 heteroatoms. The smallest absolute Gasteiger partial charge is 0.251 e. The Morgan fingerprint density at radius 2 is 1.78 bits per heavy atom. The van der Waals surface area contributed by atoms with E-state index in [1.807, 2.05) is 55.9 Å². The van der Waals surface area contributed by atoms with Gasteiger partial charge in [0.05, 0.1) is 6.10 Å². The van der Waals surface area contributed by atoms with Crippen LogP contribution in [-0.2, 0) is 4.74 Å². The topological polar surface area (TPSA) is 47.6 Å². The monoisotopic (exact) mass is 385 g/mol. The van der Waals surface area contributed by atoms with Crippen molar-refractivity contribution in [2.45, 2.75) is 42.4 Å². The van der Waals surface area contributed by atoms with E-state index in [2.05, 4.69) is 29.6 Å². The fourth-order valence-electron chi connectivity index (χ4n) is 3.10. The molecule has 144 valence electrons. The number of carbonyl (C=O) groups is 1. The molecule has 1 aliphatic rings. The quantitative estimate of drug-likeness (QED) is 0.760. The average Bonchev–Trinajstić information content (AvgIpc) is 2.68. The van der Waals surface area contributed by atoms with Crippen LogP contribution >= 0.6 is 11.8 Å². The van der Waals surface area contributed by atoms with Gasteiger partial charge in [0, 0.05) is 35.0 Å². The van der Waals surface area contributed by atoms with Crippen LogP contribution in [0.3, 0.4) is 0 Å². The van der Waals surface area contributed by atoms with Gasteiger partial charge in [0.15, 0.2) is 0 Å². The molecule has 0 bridgehead atoms. The minimum atomic E-state index is -0.0503. The summed E-state index contributed by atoms with van der Waals surface area (Å²) < 4.78 is 11.2. The molecule has 0 saturated carbocycles. The molecule has 1 N–H and O–H groups in total. The number of hydrogen-bond acceptors (Lipinski definition) is 4. The van der Waals surface area contributed by atoms with Crippen molar-refractivity contribution < 1.29 is 14.3 Å². The molecule has 0 radical (unpaired) electrons. The Morgan fingerprint density at radius 1 is 1.11 bits per heavy atom. The number of hydrogen-bond donors (Lipinski definition) is 1. The van der Waals surface area contributed by atoms with E-state index in [0.717, 1.165) is 31.8 Å². The van der Waals surface area contributed by atoms with Crippen LogP contribution in [0.5, 0.6) is 5.75 Å². The molecular formula is C22H27NO3S. The third-order valence-corrected chi connectivity index (χ3v) is 6.03. The Bertz CT molecular complexity index is 725. The molecular weight excluding hydrogens is 358 g/mol. The first-order chi connectivity index (χ1) is 13.1. The zero-order chi connectivity index (χ0) is 19.1. The highest BCUT2D eigenvalue weighted by molar-refractivity contribution is 8.00. The minimum Gasteiger partial charge on any atom is -0.491 e. The highest BCUT2D eigenvalue weighted by Crippen LogP contribution is 2.40. The Labute approximate surface area is 165 Å². The van der Waals surface area contributed by atoms with E-state index in [0.29, 0.717) is 12.1 Å². The van der Waals surface area contributed by atoms with Crippen LogP contribution in [0.4, 0.5) is 0 Å². The van der Waals surface area contributed by atoms with Crippen molar-refractivity contribution in [2.24, 2.45) is 0 Å². The van der Waals surface area contributed by atoms with E-state index < -0.39 is 0 Å². The number of benzene rings is 2. The number of thioether (sulfide) groups is 1. The zero-order valence-corrected chi connectivity index (χ0v) is 16.8. The van der Waals surface area contributed by atoms with Crippen LogP contribution < -0.4 is 10.1 Å². The lowest BCUT2D eigenvalue weighted by molar-refractivity contribution is 0.0741. The summed E-state index contributed by atoms with van der Waals surface area (Å²) in [6, 6.07) is 17.7. The normalized spacial score (nSPS) is 16.1. The van der Waals surface area contributed by atoms with Crippen LogP contribution in [0.25, 0.3) is 0 Å². The highest BCUT2D eigenvalue weighted by Gasteiger charge is 2.34. The van der Waals surface area contributed by atoms with Crippen LogP contribution in [0, 0.1) is 0 Å². The van der Waals surface area contributed by atoms with E-state index in [9.17, 15) is 4.79 Å². The minimum absolute atomic E-state index is 0.0318. The highest BCUT2D eigenvalue weighted by atomic mass is 32.2. The Balaban J connectivity index is 1.63. The number of nitrogens with one attached hydrogen (secondary N) is 1. The lowest BCUT2D eigenvalue weighted by Crippen LogP contribution is -2.44. The maximum Gasteiger partial charge on any atom is 0.251 e. The van der Waals surface area contributed by atoms with Gasteiger partial charge in [0.25, 0.3) is 5.91 Å². The van der Waals surface area contributed by atoms with Crippen molar-refractivity contribution in [3.63, 3.8) is 0 Å². The largest absolute Gasteiger partial charge is 0.491 e. The standard InChI is InChI=1S/C22H27NO3S/c1-17(2)26-19-10-8-18(9-11-19)21(24)23-16-22(12-14-25-15-13-22)27-20-6-4-3-5-7-20/h3-11,17H,12-16H2,1-2H3,(H,23,24). The molecule has 0 atom stereocenters. The molecule has 0 unspecified atom stereocenters. The third kappa shape index (κ3) is 5.75. The summed E-state index contributed by atoms with van der Waals surface area (Å²) in [6.07, 6.45) is 1.97. The molecule has 1 heterocycles. The summed E-state index contributed by atoms with van der Waals surface area (Å²) in [5.74, 6) is 0.729. The first kappa shape index (κ1) is 19.8. The summed E-state index contributed by atoms with van der Waals surface area (Å²) >= 11 is 1.84. The van der Waals surface area contributed by atoms with Crippen molar-refractivity contribution >= 4 is 17.7 Å². The van der Waals surface area contributed by atoms with Gasteiger partial charge in [-0.1, -0.05) is 18.2 Å². The molecule has 1 fully saturated rings. The maximum atomic E-state index is 12.6. The second kappa shape index (κ2) is 9.29. The summed E-state index contributed by atoms with van der Waals surface area (Å²) in [6.45, 7) is 6.06. The molecule has 0 aromatic heterocycles. The van der Waals surface area contributed by atoms with Crippen molar-refractivity contribution in [3.8, 4) is 5.75 Å². The second-order valence-corrected chi connectivity index (χ2v) is 8.63. The zero-order valence-electron chi connectivity index (χ0n) is 15.9. The Hall–Kier alpha value is -1.98. The van der Waals surface area contributed by atoms with Crippen LogP contribution in [0.2, 0.25) is 0 Å². The predicted octanol–water partition coefficient (Wildman–Crippen LogP) is 4.55. The molecule has 1 aliphatic heterocycles. The van der Waals surface area contributed by atoms with Gasteiger partial charge in [-0.15, -0.1) is 11.8 Å². The fraction of sp³-hybridized carbons (Fsp3) is 0.409. The summed E-state index contributed by atoms with van der Waals surface area (Å²) in [5, 5.41) is 3.13. The molecule has 0 spiro atoms. The van der Waals surface area contributed by atoms with Crippen molar-refractivity contribution in [1.82, 2.24) is 5.32 Å². The van der Waals surface area contributed by atoms with Gasteiger partial charge in [0.1, 0.15) is 5.75 Å². The van der Waals surface area contributed by atoms with Gasteiger partial charge >= 0.3 is 0 Å². The van der Waals surface area contributed by atoms with Crippen LogP contribution in [0.15, 0.2) is 59.5 Å². The summed E-state index contributed by atoms with van der Waals surface area (Å²) in [5.41, 5.74) is 0.651. The summed E-state index contributed by atoms with van der Waals surface area (Å²) in [4.78, 5) is 13.8. The van der Waals surface area contributed by atoms with Crippen molar-refractivity contribution in [1.29, 1.82) is 0 Å². The van der Waals surface area contributed by atoms with Gasteiger partial charge in [-0.2, -0.15) is 0 Å². The first-order valence-electron chi connectivity index (χ1n) is 9.43. The number of rotatable bonds is 7. The number of ether oxygens (including phenoxy) is 2. The van der Waals surface area contributed by atoms with Gasteiger partial charge in [-0.3, -0.25) is 4.79 Å². The molecule has 2 aromatic rings. The molecule has 0 aliphatic carbocycles. The predicted molar refractivity (Wildman–Crippen MR) is 110 cm³/mol. The number of carbonyl (C=O) groups excluding carboxylic acids is 1. The molecule has 3 rings (SSSR count). The van der Waals surface area contributed by atoms with Gasteiger partial charge in [-0.05, 0) is 63.1 Å². The van der Waals surface area contributed by atoms with E-state index in [1.54, 1.807) is 0 Å². The van der Waals surface area contributed by atoms with Crippen molar-refractivity contribution in [3.05, 3.63) is 60.2 Å². The van der Waals surface area contributed by atoms with E-state index in [4.69, 9.17) is 9.47 Å². The lowest BCUT2D eigenvalue weighted by atomic mass is 9.99. The molecule has 1 saturated heterocycles. The van der Waals surface area contributed by atoms with Crippen LogP contribution in [-0.4, -0.2) is 36.5 Å². The van der Waals surface area contributed by atoms with Crippen LogP contribution in [0.1, 0.15) is 37.0 Å². The molecule has 2 aromatic carbocycles. The number of amides is 1. The van der Waals surface area contributed by atoms with E-state index in [-0.39, 0.29) is 16.8 Å². The van der Waals surface area contributed by atoms with E-state index >= 15 is 0 Å². The fourth-order valence-corrected chi connectivity index (χ4v) is 4.41. The molecule has 27 heavy (non-hydrogen) atoms. The van der Waals surface area contributed by atoms with Gasteiger partial charge in [0.2, 0.25) is 0 Å².